The van der Waals surface area contributed by atoms with Crippen LogP contribution in [0.4, 0.5) is 5.13 Å². The lowest BCUT2D eigenvalue weighted by Crippen LogP contribution is -2.71. The van der Waals surface area contributed by atoms with E-state index in [4.69, 9.17) is 5.73 Å². The van der Waals surface area contributed by atoms with E-state index in [1.54, 1.807) is 5.38 Å². The quantitative estimate of drug-likeness (QED) is 0.209. The molecule has 0 aliphatic carbocycles. The molecule has 13 heteroatoms. The van der Waals surface area contributed by atoms with E-state index < -0.39 is 29.2 Å². The molecule has 0 radical (unpaired) electrons. The van der Waals surface area contributed by atoms with Crippen LogP contribution in [-0.2, 0) is 19.2 Å². The number of β-lactam (4-membered cyclic amide) rings is 1. The van der Waals surface area contributed by atoms with Crippen molar-refractivity contribution in [3.05, 3.63) is 22.3 Å². The number of nitrogens with one attached hydrogen (secondary N) is 1. The molecule has 2 aliphatic heterocycles. The number of hydrogen-bond acceptors (Lipinski definition) is 10. The summed E-state index contributed by atoms with van der Waals surface area (Å²) in [6.45, 7) is 0. The van der Waals surface area contributed by atoms with Gasteiger partial charge in [0, 0.05) is 16.9 Å². The summed E-state index contributed by atoms with van der Waals surface area (Å²) in [5.74, 6) is -1.72. The first kappa shape index (κ1) is 19.5. The van der Waals surface area contributed by atoms with E-state index in [1.807, 2.05) is 0 Å². The molecule has 2 aliphatic rings. The minimum Gasteiger partial charge on any atom is -0.477 e. The number of fused-ring (bicyclic) bond motifs is 1. The number of anilines is 1. The maximum absolute atomic E-state index is 12.6. The Labute approximate surface area is 167 Å². The highest BCUT2D eigenvalue weighted by Crippen LogP contribution is 2.40. The number of carbonyl (C=O) groups excluding carboxylic acids is 2. The van der Waals surface area contributed by atoms with Gasteiger partial charge in [0.2, 0.25) is 0 Å². The largest absolute Gasteiger partial charge is 0.477 e. The fourth-order valence-corrected chi connectivity index (χ4v) is 5.01. The number of amides is 2. The van der Waals surface area contributed by atoms with Crippen LogP contribution in [-0.4, -0.2) is 68.5 Å². The number of rotatable bonds is 6. The zero-order valence-corrected chi connectivity index (χ0v) is 16.4. The van der Waals surface area contributed by atoms with Gasteiger partial charge in [0.25, 0.3) is 11.8 Å². The summed E-state index contributed by atoms with van der Waals surface area (Å²) in [6.07, 6.45) is 0. The van der Waals surface area contributed by atoms with Gasteiger partial charge in [-0.25, -0.2) is 9.78 Å². The average Bonchev–Trinajstić information content (AvgIpc) is 3.08. The van der Waals surface area contributed by atoms with Gasteiger partial charge in [-0.05, 0) is 5.57 Å². The van der Waals surface area contributed by atoms with Crippen LogP contribution in [0.2, 0.25) is 0 Å². The number of nitrogens with zero attached hydrogens (tertiary/aromatic N) is 3. The van der Waals surface area contributed by atoms with Crippen molar-refractivity contribution in [1.29, 1.82) is 0 Å². The zero-order chi connectivity index (χ0) is 19.7. The Bertz CT molecular complexity index is 867. The number of thiol groups is 1. The lowest BCUT2D eigenvalue weighted by Gasteiger charge is -2.49. The topological polar surface area (TPSA) is 147 Å². The minimum atomic E-state index is -1.19. The second-order valence-electron chi connectivity index (χ2n) is 5.47. The van der Waals surface area contributed by atoms with Crippen LogP contribution in [0.1, 0.15) is 5.69 Å². The smallest absolute Gasteiger partial charge is 0.352 e. The summed E-state index contributed by atoms with van der Waals surface area (Å²) in [4.78, 5) is 46.5. The third-order valence-corrected chi connectivity index (χ3v) is 6.28. The maximum Gasteiger partial charge on any atom is 0.352 e. The lowest BCUT2D eigenvalue weighted by atomic mass is 10.0. The maximum atomic E-state index is 12.6. The number of carboxylic acids is 1. The standard InChI is InChI=1S/C14H15N5O5S3/c1-24-18-7(6-4-27-14(15)16-6)10(20)17-8-11(21)19-9(13(22)23)5(2-25)3-26-12(8)19/h4,8,12,25H,2-3H2,1H3,(H2,15,16)(H,17,20)(H,22,23)/b18-7+/t8-,12-/m1/s1. The van der Waals surface area contributed by atoms with Crippen molar-refractivity contribution in [3.8, 4) is 0 Å². The summed E-state index contributed by atoms with van der Waals surface area (Å²) in [5.41, 5.74) is 6.17. The summed E-state index contributed by atoms with van der Waals surface area (Å²) in [6, 6.07) is -0.878. The molecule has 4 N–H and O–H groups in total. The van der Waals surface area contributed by atoms with Gasteiger partial charge < -0.3 is 21.0 Å². The first-order chi connectivity index (χ1) is 12.9. The van der Waals surface area contributed by atoms with E-state index in [-0.39, 0.29) is 28.0 Å². The van der Waals surface area contributed by atoms with Gasteiger partial charge in [0.15, 0.2) is 10.8 Å². The van der Waals surface area contributed by atoms with E-state index in [1.165, 1.54) is 23.8 Å². The molecule has 0 aromatic carbocycles. The number of carbonyl (C=O) groups is 3. The Balaban J connectivity index is 1.79. The van der Waals surface area contributed by atoms with Crippen molar-refractivity contribution in [2.24, 2.45) is 5.16 Å². The number of aromatic nitrogens is 1. The van der Waals surface area contributed by atoms with Gasteiger partial charge in [0.1, 0.15) is 29.9 Å². The third kappa shape index (κ3) is 3.49. The number of thioether (sulfide) groups is 1. The van der Waals surface area contributed by atoms with Crippen molar-refractivity contribution in [2.45, 2.75) is 11.4 Å². The molecule has 0 spiro atoms. The molecule has 2 atom stereocenters. The Hall–Kier alpha value is -2.25. The molecule has 1 fully saturated rings. The Morgan fingerprint density at radius 1 is 1.59 bits per heavy atom. The molecular formula is C14H15N5O5S3. The minimum absolute atomic E-state index is 0.0673. The van der Waals surface area contributed by atoms with Crippen molar-refractivity contribution < 1.29 is 24.3 Å². The lowest BCUT2D eigenvalue weighted by molar-refractivity contribution is -0.150. The molecule has 2 amide bonds. The van der Waals surface area contributed by atoms with Crippen molar-refractivity contribution in [3.63, 3.8) is 0 Å². The van der Waals surface area contributed by atoms with Crippen LogP contribution in [0.3, 0.4) is 0 Å². The molecule has 3 rings (SSSR count). The SMILES string of the molecule is CO/N=C(/C(=O)N[C@@H]1C(=O)N2C(C(=O)O)=C(CS)CS[C@H]12)c1csc(N)n1. The van der Waals surface area contributed by atoms with Crippen LogP contribution in [0.25, 0.3) is 0 Å². The first-order valence-electron chi connectivity index (χ1n) is 7.53. The van der Waals surface area contributed by atoms with Crippen LogP contribution < -0.4 is 11.1 Å². The van der Waals surface area contributed by atoms with Gasteiger partial charge in [-0.15, -0.1) is 23.1 Å². The van der Waals surface area contributed by atoms with Gasteiger partial charge in [-0.3, -0.25) is 14.5 Å². The molecule has 1 aromatic rings. The van der Waals surface area contributed by atoms with Crippen molar-refractivity contribution in [2.75, 3.05) is 24.3 Å². The number of aliphatic carboxylic acids is 1. The van der Waals surface area contributed by atoms with Crippen LogP contribution in [0.5, 0.6) is 0 Å². The van der Waals surface area contributed by atoms with Gasteiger partial charge in [-0.2, -0.15) is 12.6 Å². The molecule has 3 heterocycles. The fourth-order valence-electron chi connectivity index (χ4n) is 2.71. The van der Waals surface area contributed by atoms with Gasteiger partial charge in [-0.1, -0.05) is 5.16 Å². The number of nitrogen functional groups attached to an aromatic ring is 1. The zero-order valence-electron chi connectivity index (χ0n) is 13.9. The summed E-state index contributed by atoms with van der Waals surface area (Å²) >= 11 is 6.62. The Morgan fingerprint density at radius 3 is 2.89 bits per heavy atom. The number of oxime groups is 1. The molecular weight excluding hydrogens is 414 g/mol. The Kier molecular flexibility index (Phi) is 5.62. The van der Waals surface area contributed by atoms with Crippen LogP contribution in [0, 0.1) is 0 Å². The van der Waals surface area contributed by atoms with Crippen LogP contribution >= 0.6 is 35.7 Å². The van der Waals surface area contributed by atoms with E-state index >= 15 is 0 Å². The summed E-state index contributed by atoms with van der Waals surface area (Å²) in [7, 11) is 1.28. The number of nitrogens with two attached hydrogens (primary N) is 1. The predicted octanol–water partition coefficient (Wildman–Crippen LogP) is -0.256. The van der Waals surface area contributed by atoms with Gasteiger partial charge in [0.05, 0.1) is 0 Å². The molecule has 144 valence electrons. The van der Waals surface area contributed by atoms with Crippen molar-refractivity contribution in [1.82, 2.24) is 15.2 Å². The van der Waals surface area contributed by atoms with E-state index in [2.05, 4.69) is 32.9 Å². The molecule has 0 unspecified atom stereocenters. The first-order valence-corrected chi connectivity index (χ1v) is 10.1. The highest BCUT2D eigenvalue weighted by Gasteiger charge is 2.54. The average molecular weight is 430 g/mol. The van der Waals surface area contributed by atoms with Gasteiger partial charge >= 0.3 is 5.97 Å². The van der Waals surface area contributed by atoms with E-state index in [0.717, 1.165) is 11.3 Å². The fraction of sp³-hybridized carbons (Fsp3) is 0.357. The van der Waals surface area contributed by atoms with E-state index in [0.29, 0.717) is 11.3 Å². The monoisotopic (exact) mass is 429 g/mol. The van der Waals surface area contributed by atoms with E-state index in [9.17, 15) is 19.5 Å². The molecule has 10 nitrogen and oxygen atoms in total. The van der Waals surface area contributed by atoms with Crippen LogP contribution in [0.15, 0.2) is 21.8 Å². The van der Waals surface area contributed by atoms with Crippen molar-refractivity contribution >= 4 is 64.4 Å². The molecule has 1 saturated heterocycles. The number of hydrogen-bond donors (Lipinski definition) is 4. The summed E-state index contributed by atoms with van der Waals surface area (Å²) in [5, 5.41) is 16.9. The molecule has 0 bridgehead atoms. The normalized spacial score (nSPS) is 22.2. The third-order valence-electron chi connectivity index (χ3n) is 3.89. The summed E-state index contributed by atoms with van der Waals surface area (Å²) < 4.78 is 0. The highest BCUT2D eigenvalue weighted by atomic mass is 32.2. The predicted molar refractivity (Wildman–Crippen MR) is 104 cm³/mol. The number of carboxylic acid groups (broad SMARTS) is 1. The second-order valence-corrected chi connectivity index (χ2v) is 7.78. The molecule has 27 heavy (non-hydrogen) atoms. The highest BCUT2D eigenvalue weighted by molar-refractivity contribution is 8.00. The Morgan fingerprint density at radius 2 is 2.33 bits per heavy atom. The number of thiazole rings is 1. The molecule has 1 aromatic heterocycles. The second kappa shape index (κ2) is 7.78. The molecule has 0 saturated carbocycles.